The highest BCUT2D eigenvalue weighted by Crippen LogP contribution is 2.26. The minimum absolute atomic E-state index is 0.409. The molecule has 6 heteroatoms. The van der Waals surface area contributed by atoms with Crippen LogP contribution in [-0.4, -0.2) is 26.1 Å². The Balaban J connectivity index is 2.17. The van der Waals surface area contributed by atoms with Crippen molar-refractivity contribution in [1.29, 1.82) is 0 Å². The first kappa shape index (κ1) is 13.8. The van der Waals surface area contributed by atoms with Crippen molar-refractivity contribution in [3.05, 3.63) is 41.1 Å². The Bertz CT molecular complexity index is 796. The summed E-state index contributed by atoms with van der Waals surface area (Å²) in [4.78, 5) is 13.0. The lowest BCUT2D eigenvalue weighted by atomic mass is 10.3. The van der Waals surface area contributed by atoms with Gasteiger partial charge in [0, 0.05) is 5.69 Å². The molecule has 0 spiro atoms. The molecule has 21 heavy (non-hydrogen) atoms. The van der Waals surface area contributed by atoms with Crippen molar-refractivity contribution in [2.75, 3.05) is 6.61 Å². The van der Waals surface area contributed by atoms with Crippen molar-refractivity contribution in [2.45, 2.75) is 20.8 Å². The number of benzene rings is 1. The molecule has 0 aliphatic rings. The topological polar surface area (TPSA) is 52.8 Å². The van der Waals surface area contributed by atoms with Gasteiger partial charge < -0.3 is 4.74 Å². The van der Waals surface area contributed by atoms with Crippen LogP contribution in [0.1, 0.15) is 18.6 Å². The number of imidazole rings is 1. The molecule has 2 aromatic heterocycles. The fraction of sp³-hybridized carbons (Fsp3) is 0.267. The van der Waals surface area contributed by atoms with Gasteiger partial charge in [0.15, 0.2) is 10.8 Å². The van der Waals surface area contributed by atoms with Crippen LogP contribution in [0, 0.1) is 13.8 Å². The lowest BCUT2D eigenvalue weighted by molar-refractivity contribution is 0.340. The second kappa shape index (κ2) is 5.33. The SMILES string of the molecule is CCOc1ccc(-n2c(C)nc3nc(C)nc(Cl)c32)cc1. The van der Waals surface area contributed by atoms with Crippen molar-refractivity contribution < 1.29 is 4.74 Å². The number of aromatic nitrogens is 4. The normalized spacial score (nSPS) is 11.0. The molecule has 0 aliphatic heterocycles. The Morgan fingerprint density at radius 2 is 1.81 bits per heavy atom. The van der Waals surface area contributed by atoms with E-state index in [1.807, 2.05) is 42.7 Å². The van der Waals surface area contributed by atoms with Crippen molar-refractivity contribution in [3.63, 3.8) is 0 Å². The Morgan fingerprint density at radius 1 is 1.10 bits per heavy atom. The van der Waals surface area contributed by atoms with Crippen LogP contribution >= 0.6 is 11.6 Å². The molecule has 0 fully saturated rings. The molecular weight excluding hydrogens is 288 g/mol. The summed E-state index contributed by atoms with van der Waals surface area (Å²) < 4.78 is 7.41. The molecule has 5 nitrogen and oxygen atoms in total. The van der Waals surface area contributed by atoms with Gasteiger partial charge in [-0.25, -0.2) is 15.0 Å². The van der Waals surface area contributed by atoms with Crippen molar-refractivity contribution in [1.82, 2.24) is 19.5 Å². The molecule has 0 saturated carbocycles. The zero-order valence-corrected chi connectivity index (χ0v) is 12.8. The van der Waals surface area contributed by atoms with Crippen LogP contribution in [0.2, 0.25) is 5.15 Å². The molecule has 0 radical (unpaired) electrons. The summed E-state index contributed by atoms with van der Waals surface area (Å²) in [5, 5.41) is 0.409. The van der Waals surface area contributed by atoms with Gasteiger partial charge in [-0.3, -0.25) is 4.57 Å². The van der Waals surface area contributed by atoms with E-state index >= 15 is 0 Å². The molecular formula is C15H15ClN4O. The van der Waals surface area contributed by atoms with Gasteiger partial charge in [0.1, 0.15) is 22.9 Å². The van der Waals surface area contributed by atoms with Gasteiger partial charge in [0.2, 0.25) is 0 Å². The molecule has 0 amide bonds. The molecule has 3 aromatic rings. The number of nitrogens with zero attached hydrogens (tertiary/aromatic N) is 4. The van der Waals surface area contributed by atoms with Crippen LogP contribution < -0.4 is 4.74 Å². The third-order valence-corrected chi connectivity index (χ3v) is 3.42. The van der Waals surface area contributed by atoms with E-state index in [4.69, 9.17) is 16.3 Å². The van der Waals surface area contributed by atoms with Gasteiger partial charge in [0.25, 0.3) is 0 Å². The highest BCUT2D eigenvalue weighted by atomic mass is 35.5. The molecule has 1 aromatic carbocycles. The van der Waals surface area contributed by atoms with E-state index in [-0.39, 0.29) is 0 Å². The summed E-state index contributed by atoms with van der Waals surface area (Å²) in [6, 6.07) is 7.78. The smallest absolute Gasteiger partial charge is 0.183 e. The van der Waals surface area contributed by atoms with Crippen molar-refractivity contribution >= 4 is 22.8 Å². The average Bonchev–Trinajstić information content (AvgIpc) is 2.76. The maximum Gasteiger partial charge on any atom is 0.183 e. The quantitative estimate of drug-likeness (QED) is 0.695. The first-order valence-electron chi connectivity index (χ1n) is 6.72. The van der Waals surface area contributed by atoms with Gasteiger partial charge in [-0.15, -0.1) is 0 Å². The summed E-state index contributed by atoms with van der Waals surface area (Å²) >= 11 is 6.28. The summed E-state index contributed by atoms with van der Waals surface area (Å²) in [7, 11) is 0. The highest BCUT2D eigenvalue weighted by Gasteiger charge is 2.15. The fourth-order valence-electron chi connectivity index (χ4n) is 2.33. The Labute approximate surface area is 127 Å². The van der Waals surface area contributed by atoms with Crippen LogP contribution in [0.4, 0.5) is 0 Å². The lowest BCUT2D eigenvalue weighted by Crippen LogP contribution is -1.99. The van der Waals surface area contributed by atoms with Gasteiger partial charge >= 0.3 is 0 Å². The summed E-state index contributed by atoms with van der Waals surface area (Å²) in [5.74, 6) is 2.27. The monoisotopic (exact) mass is 302 g/mol. The predicted molar refractivity (Wildman–Crippen MR) is 82.3 cm³/mol. The third kappa shape index (κ3) is 2.45. The van der Waals surface area contributed by atoms with E-state index in [0.29, 0.717) is 23.2 Å². The highest BCUT2D eigenvalue weighted by molar-refractivity contribution is 6.33. The zero-order valence-electron chi connectivity index (χ0n) is 12.1. The van der Waals surface area contributed by atoms with E-state index in [1.54, 1.807) is 6.92 Å². The minimum atomic E-state index is 0.409. The van der Waals surface area contributed by atoms with Crippen LogP contribution in [0.3, 0.4) is 0 Å². The van der Waals surface area contributed by atoms with Gasteiger partial charge in [-0.05, 0) is 45.0 Å². The Kier molecular flexibility index (Phi) is 3.51. The standard InChI is InChI=1S/C15H15ClN4O/c1-4-21-12-7-5-11(6-8-12)20-10(3)19-15-13(20)14(16)17-9(2)18-15/h5-8H,4H2,1-3H3. The average molecular weight is 303 g/mol. The Hall–Kier alpha value is -2.14. The third-order valence-electron chi connectivity index (χ3n) is 3.16. The van der Waals surface area contributed by atoms with E-state index in [9.17, 15) is 0 Å². The molecule has 108 valence electrons. The van der Waals surface area contributed by atoms with Gasteiger partial charge in [-0.2, -0.15) is 0 Å². The van der Waals surface area contributed by atoms with E-state index < -0.39 is 0 Å². The lowest BCUT2D eigenvalue weighted by Gasteiger charge is -2.09. The van der Waals surface area contributed by atoms with Gasteiger partial charge in [-0.1, -0.05) is 11.6 Å². The van der Waals surface area contributed by atoms with Crippen LogP contribution in [0.25, 0.3) is 16.9 Å². The van der Waals surface area contributed by atoms with Gasteiger partial charge in [0.05, 0.1) is 6.61 Å². The second-order valence-corrected chi connectivity index (χ2v) is 5.01. The van der Waals surface area contributed by atoms with E-state index in [1.165, 1.54) is 0 Å². The van der Waals surface area contributed by atoms with Crippen molar-refractivity contribution in [2.24, 2.45) is 0 Å². The number of halogens is 1. The first-order chi connectivity index (χ1) is 10.1. The molecule has 0 bridgehead atoms. The molecule has 3 rings (SSSR count). The summed E-state index contributed by atoms with van der Waals surface area (Å²) in [6.45, 7) is 6.33. The van der Waals surface area contributed by atoms with Crippen LogP contribution in [-0.2, 0) is 0 Å². The first-order valence-corrected chi connectivity index (χ1v) is 7.10. The number of rotatable bonds is 3. The number of hydrogen-bond acceptors (Lipinski definition) is 4. The maximum absolute atomic E-state index is 6.28. The molecule has 0 atom stereocenters. The summed E-state index contributed by atoms with van der Waals surface area (Å²) in [6.07, 6.45) is 0. The minimum Gasteiger partial charge on any atom is -0.494 e. The predicted octanol–water partition coefficient (Wildman–Crippen LogP) is 3.48. The number of hydrogen-bond donors (Lipinski definition) is 0. The molecule has 0 aliphatic carbocycles. The molecule has 0 saturated heterocycles. The largest absolute Gasteiger partial charge is 0.494 e. The molecule has 0 N–H and O–H groups in total. The zero-order chi connectivity index (χ0) is 15.0. The van der Waals surface area contributed by atoms with Crippen molar-refractivity contribution in [3.8, 4) is 11.4 Å². The maximum atomic E-state index is 6.28. The summed E-state index contributed by atoms with van der Waals surface area (Å²) in [5.41, 5.74) is 2.29. The Morgan fingerprint density at radius 3 is 2.48 bits per heavy atom. The number of fused-ring (bicyclic) bond motifs is 1. The van der Waals surface area contributed by atoms with E-state index in [0.717, 1.165) is 22.8 Å². The van der Waals surface area contributed by atoms with Crippen LogP contribution in [0.5, 0.6) is 5.75 Å². The van der Waals surface area contributed by atoms with E-state index in [2.05, 4.69) is 15.0 Å². The molecule has 0 unspecified atom stereocenters. The number of aryl methyl sites for hydroxylation is 2. The van der Waals surface area contributed by atoms with Crippen LogP contribution in [0.15, 0.2) is 24.3 Å². The number of ether oxygens (including phenoxy) is 1. The second-order valence-electron chi connectivity index (χ2n) is 4.66. The fourth-order valence-corrected chi connectivity index (χ4v) is 2.62. The molecule has 2 heterocycles.